The van der Waals surface area contributed by atoms with Gasteiger partial charge in [0.2, 0.25) is 0 Å². The maximum Gasteiger partial charge on any atom is 0.328 e. The monoisotopic (exact) mass is 558 g/mol. The highest BCUT2D eigenvalue weighted by molar-refractivity contribution is 7.22. The molecule has 2 aromatic heterocycles. The minimum Gasteiger partial charge on any atom is -0.497 e. The van der Waals surface area contributed by atoms with Gasteiger partial charge in [-0.15, -0.1) is 11.3 Å². The molecule has 0 radical (unpaired) electrons. The number of benzene rings is 3. The highest BCUT2D eigenvalue weighted by atomic mass is 32.1. The average molecular weight is 559 g/mol. The van der Waals surface area contributed by atoms with E-state index in [0.717, 1.165) is 45.8 Å². The molecule has 39 heavy (non-hydrogen) atoms. The van der Waals surface area contributed by atoms with Crippen molar-refractivity contribution in [3.63, 3.8) is 0 Å². The summed E-state index contributed by atoms with van der Waals surface area (Å²) < 4.78 is 19.5. The minimum absolute atomic E-state index is 0.113. The van der Waals surface area contributed by atoms with Crippen LogP contribution in [0.5, 0.6) is 5.75 Å². The maximum atomic E-state index is 13.6. The standard InChI is InChI=1S/C29H23FN4O3S2/c1-16(35)25-26(18-7-10-21(37-2)11-8-18)39-27(32-25)19-6-5-17-4-3-13-34(23(17)14-19)29(36)33-28-31-22-12-9-20(30)15-24(22)38-28/h5-12,14-15H,3-4,13H2,1-2H3,(H,31,33,36). The first-order valence-corrected chi connectivity index (χ1v) is 14.0. The number of hydrogen-bond donors (Lipinski definition) is 1. The number of anilines is 2. The van der Waals surface area contributed by atoms with E-state index in [4.69, 9.17) is 9.72 Å². The fourth-order valence-electron chi connectivity index (χ4n) is 4.65. The third kappa shape index (κ3) is 4.88. The molecule has 3 aromatic carbocycles. The minimum atomic E-state index is -0.341. The zero-order valence-corrected chi connectivity index (χ0v) is 22.8. The molecule has 0 saturated carbocycles. The Labute approximate surface area is 231 Å². The van der Waals surface area contributed by atoms with Crippen molar-refractivity contribution in [1.29, 1.82) is 0 Å². The fourth-order valence-corrected chi connectivity index (χ4v) is 6.65. The van der Waals surface area contributed by atoms with Gasteiger partial charge < -0.3 is 4.74 Å². The quantitative estimate of drug-likeness (QED) is 0.227. The number of nitrogens with one attached hydrogen (secondary N) is 1. The first-order chi connectivity index (χ1) is 18.9. The molecule has 6 rings (SSSR count). The summed E-state index contributed by atoms with van der Waals surface area (Å²) in [6.07, 6.45) is 1.69. The predicted octanol–water partition coefficient (Wildman–Crippen LogP) is 7.42. The van der Waals surface area contributed by atoms with Gasteiger partial charge in [0.05, 0.1) is 22.2 Å². The Morgan fingerprint density at radius 1 is 1.00 bits per heavy atom. The van der Waals surface area contributed by atoms with E-state index in [-0.39, 0.29) is 17.6 Å². The number of thiazole rings is 2. The summed E-state index contributed by atoms with van der Waals surface area (Å²) in [5.41, 5.74) is 4.63. The molecular weight excluding hydrogens is 535 g/mol. The second-order valence-electron chi connectivity index (χ2n) is 9.14. The van der Waals surface area contributed by atoms with Gasteiger partial charge in [0.1, 0.15) is 22.3 Å². The third-order valence-electron chi connectivity index (χ3n) is 6.57. The van der Waals surface area contributed by atoms with Crippen molar-refractivity contribution in [2.75, 3.05) is 23.9 Å². The van der Waals surface area contributed by atoms with Gasteiger partial charge >= 0.3 is 6.03 Å². The Morgan fingerprint density at radius 2 is 1.79 bits per heavy atom. The van der Waals surface area contributed by atoms with Crippen LogP contribution < -0.4 is 15.0 Å². The highest BCUT2D eigenvalue weighted by Gasteiger charge is 2.25. The number of Topliss-reactive ketones (excluding diaryl/α,β-unsaturated/α-hetero) is 1. The molecule has 1 aliphatic heterocycles. The Morgan fingerprint density at radius 3 is 2.56 bits per heavy atom. The Balaban J connectivity index is 1.32. The van der Waals surface area contributed by atoms with Crippen molar-refractivity contribution < 1.29 is 18.7 Å². The number of halogens is 1. The molecule has 2 amide bonds. The number of carbonyl (C=O) groups is 2. The number of rotatable bonds is 5. The van der Waals surface area contributed by atoms with Gasteiger partial charge in [-0.1, -0.05) is 23.5 Å². The van der Waals surface area contributed by atoms with Crippen LogP contribution in [0.15, 0.2) is 60.7 Å². The molecule has 0 aliphatic carbocycles. The van der Waals surface area contributed by atoms with Crippen LogP contribution >= 0.6 is 22.7 Å². The lowest BCUT2D eigenvalue weighted by Crippen LogP contribution is -2.38. The summed E-state index contributed by atoms with van der Waals surface area (Å²) in [5.74, 6) is 0.281. The van der Waals surface area contributed by atoms with Crippen LogP contribution in [0.2, 0.25) is 0 Å². The van der Waals surface area contributed by atoms with Gasteiger partial charge in [0.15, 0.2) is 10.9 Å². The molecule has 5 aromatic rings. The second kappa shape index (κ2) is 10.2. The zero-order valence-electron chi connectivity index (χ0n) is 21.2. The van der Waals surface area contributed by atoms with E-state index in [1.165, 1.54) is 41.7 Å². The van der Waals surface area contributed by atoms with Crippen LogP contribution in [-0.2, 0) is 6.42 Å². The number of nitrogens with zero attached hydrogens (tertiary/aromatic N) is 3. The number of hydrogen-bond acceptors (Lipinski definition) is 7. The molecule has 0 spiro atoms. The number of ketones is 1. The third-order valence-corrected chi connectivity index (χ3v) is 8.66. The van der Waals surface area contributed by atoms with E-state index in [2.05, 4.69) is 10.3 Å². The fraction of sp³-hybridized carbons (Fsp3) is 0.172. The van der Waals surface area contributed by atoms with Crippen LogP contribution in [0, 0.1) is 5.82 Å². The molecule has 3 heterocycles. The lowest BCUT2D eigenvalue weighted by atomic mass is 10.00. The van der Waals surface area contributed by atoms with Crippen LogP contribution in [0.3, 0.4) is 0 Å². The summed E-state index contributed by atoms with van der Waals surface area (Å²) in [5, 5.41) is 4.00. The normalized spacial score (nSPS) is 12.8. The van der Waals surface area contributed by atoms with Crippen molar-refractivity contribution >= 4 is 55.5 Å². The van der Waals surface area contributed by atoms with Crippen molar-refractivity contribution in [2.45, 2.75) is 19.8 Å². The number of amides is 2. The molecule has 10 heteroatoms. The van der Waals surface area contributed by atoms with E-state index in [1.807, 2.05) is 42.5 Å². The molecule has 1 aliphatic rings. The number of ether oxygens (including phenoxy) is 1. The summed E-state index contributed by atoms with van der Waals surface area (Å²) >= 11 is 2.68. The van der Waals surface area contributed by atoms with Crippen LogP contribution in [0.1, 0.15) is 29.4 Å². The van der Waals surface area contributed by atoms with Crippen LogP contribution in [-0.4, -0.2) is 35.4 Å². The van der Waals surface area contributed by atoms with E-state index in [1.54, 1.807) is 18.1 Å². The van der Waals surface area contributed by atoms with Crippen LogP contribution in [0.25, 0.3) is 31.2 Å². The van der Waals surface area contributed by atoms with E-state index >= 15 is 0 Å². The molecule has 196 valence electrons. The lowest BCUT2D eigenvalue weighted by Gasteiger charge is -2.29. The number of carbonyl (C=O) groups excluding carboxylic acids is 2. The van der Waals surface area contributed by atoms with Crippen molar-refractivity contribution in [3.8, 4) is 26.8 Å². The summed E-state index contributed by atoms with van der Waals surface area (Å²) in [7, 11) is 1.61. The van der Waals surface area contributed by atoms with Crippen molar-refractivity contribution in [3.05, 3.63) is 77.7 Å². The number of methoxy groups -OCH3 is 1. The van der Waals surface area contributed by atoms with Gasteiger partial charge in [-0.25, -0.2) is 19.2 Å². The Hall–Kier alpha value is -4.15. The van der Waals surface area contributed by atoms with Crippen molar-refractivity contribution in [2.24, 2.45) is 0 Å². The van der Waals surface area contributed by atoms with E-state index < -0.39 is 0 Å². The van der Waals surface area contributed by atoms with Gasteiger partial charge in [0.25, 0.3) is 0 Å². The van der Waals surface area contributed by atoms with Crippen LogP contribution in [0.4, 0.5) is 20.0 Å². The van der Waals surface area contributed by atoms with Crippen molar-refractivity contribution in [1.82, 2.24) is 9.97 Å². The maximum absolute atomic E-state index is 13.6. The number of fused-ring (bicyclic) bond motifs is 2. The zero-order chi connectivity index (χ0) is 27.1. The van der Waals surface area contributed by atoms with Gasteiger partial charge in [-0.3, -0.25) is 15.0 Å². The molecule has 0 fully saturated rings. The lowest BCUT2D eigenvalue weighted by molar-refractivity contribution is 0.101. The molecule has 7 nitrogen and oxygen atoms in total. The number of urea groups is 1. The summed E-state index contributed by atoms with van der Waals surface area (Å²) in [6, 6.07) is 17.6. The summed E-state index contributed by atoms with van der Waals surface area (Å²) in [4.78, 5) is 37.4. The number of aryl methyl sites for hydroxylation is 1. The highest BCUT2D eigenvalue weighted by Crippen LogP contribution is 2.39. The number of aromatic nitrogens is 2. The predicted molar refractivity (Wildman–Crippen MR) is 154 cm³/mol. The molecule has 0 saturated heterocycles. The second-order valence-corrected chi connectivity index (χ2v) is 11.2. The molecule has 0 atom stereocenters. The SMILES string of the molecule is COc1ccc(-c2sc(-c3ccc4c(c3)N(C(=O)Nc3nc5ccc(F)cc5s3)CCC4)nc2C(C)=O)cc1. The molecule has 0 unspecified atom stereocenters. The first-order valence-electron chi connectivity index (χ1n) is 12.3. The summed E-state index contributed by atoms with van der Waals surface area (Å²) in [6.45, 7) is 2.07. The van der Waals surface area contributed by atoms with E-state index in [9.17, 15) is 14.0 Å². The topological polar surface area (TPSA) is 84.4 Å². The molecular formula is C29H23FN4O3S2. The van der Waals surface area contributed by atoms with Gasteiger partial charge in [-0.05, 0) is 72.5 Å². The first kappa shape index (κ1) is 25.1. The average Bonchev–Trinajstić information content (AvgIpc) is 3.56. The largest absolute Gasteiger partial charge is 0.497 e. The van der Waals surface area contributed by atoms with Gasteiger partial charge in [0, 0.05) is 24.7 Å². The molecule has 1 N–H and O–H groups in total. The smallest absolute Gasteiger partial charge is 0.328 e. The Kier molecular flexibility index (Phi) is 6.58. The van der Waals surface area contributed by atoms with E-state index in [0.29, 0.717) is 32.6 Å². The Bertz CT molecular complexity index is 1730. The van der Waals surface area contributed by atoms with Gasteiger partial charge in [-0.2, -0.15) is 0 Å². The molecule has 0 bridgehead atoms.